The third-order valence-electron chi connectivity index (χ3n) is 7.42. The highest BCUT2D eigenvalue weighted by molar-refractivity contribution is 6.17. The van der Waals surface area contributed by atoms with Crippen molar-refractivity contribution >= 4 is 40.9 Å². The number of carbonyl (C=O) groups excluding carboxylic acids is 2. The van der Waals surface area contributed by atoms with Gasteiger partial charge < -0.3 is 25.6 Å². The van der Waals surface area contributed by atoms with Crippen LogP contribution in [0.2, 0.25) is 0 Å². The van der Waals surface area contributed by atoms with Crippen molar-refractivity contribution < 1.29 is 14.3 Å². The summed E-state index contributed by atoms with van der Waals surface area (Å²) < 4.78 is 5.55. The Kier molecular flexibility index (Phi) is 10.2. The van der Waals surface area contributed by atoms with Crippen LogP contribution in [0.15, 0.2) is 54.9 Å². The van der Waals surface area contributed by atoms with Crippen LogP contribution in [0.4, 0.5) is 17.5 Å². The minimum absolute atomic E-state index is 0.0333. The summed E-state index contributed by atoms with van der Waals surface area (Å²) in [6, 6.07) is 13.7. The van der Waals surface area contributed by atoms with Crippen LogP contribution in [0.3, 0.4) is 0 Å². The number of pyridine rings is 1. The number of anilines is 3. The quantitative estimate of drug-likeness (QED) is 0.226. The normalized spacial score (nSPS) is 19.0. The van der Waals surface area contributed by atoms with E-state index in [-0.39, 0.29) is 24.0 Å². The first kappa shape index (κ1) is 29.7. The van der Waals surface area contributed by atoms with Crippen LogP contribution in [0.1, 0.15) is 25.3 Å². The van der Waals surface area contributed by atoms with E-state index in [0.29, 0.717) is 37.9 Å². The molecule has 5 rings (SSSR count). The van der Waals surface area contributed by atoms with Gasteiger partial charge in [-0.2, -0.15) is 0 Å². The molecule has 2 aliphatic rings. The Labute approximate surface area is 251 Å². The van der Waals surface area contributed by atoms with Crippen LogP contribution < -0.4 is 20.9 Å². The smallest absolute Gasteiger partial charge is 0.302 e. The van der Waals surface area contributed by atoms with Gasteiger partial charge in [-0.1, -0.05) is 12.1 Å². The van der Waals surface area contributed by atoms with Crippen molar-refractivity contribution in [3.63, 3.8) is 0 Å². The summed E-state index contributed by atoms with van der Waals surface area (Å²) >= 11 is 5.96. The highest BCUT2D eigenvalue weighted by Gasteiger charge is 2.34. The molecule has 12 heteroatoms. The van der Waals surface area contributed by atoms with Crippen LogP contribution in [0.5, 0.6) is 0 Å². The molecule has 0 bridgehead atoms. The van der Waals surface area contributed by atoms with Crippen molar-refractivity contribution in [3.8, 4) is 11.3 Å². The number of aromatic nitrogens is 3. The molecule has 1 amide bonds. The van der Waals surface area contributed by atoms with E-state index in [1.54, 1.807) is 12.4 Å². The average Bonchev–Trinajstić information content (AvgIpc) is 3.39. The van der Waals surface area contributed by atoms with E-state index in [1.165, 1.54) is 6.92 Å². The fourth-order valence-electron chi connectivity index (χ4n) is 5.40. The predicted molar refractivity (Wildman–Crippen MR) is 163 cm³/mol. The molecular weight excluding hydrogens is 556 g/mol. The lowest BCUT2D eigenvalue weighted by molar-refractivity contribution is -0.145. The van der Waals surface area contributed by atoms with Crippen molar-refractivity contribution in [2.24, 2.45) is 0 Å². The number of rotatable bonds is 11. The van der Waals surface area contributed by atoms with Gasteiger partial charge >= 0.3 is 5.97 Å². The number of nitrogens with zero attached hydrogens (tertiary/aromatic N) is 5. The Morgan fingerprint density at radius 2 is 2.00 bits per heavy atom. The molecular formula is C30H37ClN8O3. The van der Waals surface area contributed by atoms with E-state index in [0.717, 1.165) is 60.9 Å². The van der Waals surface area contributed by atoms with E-state index in [9.17, 15) is 9.59 Å². The molecule has 0 aliphatic carbocycles. The van der Waals surface area contributed by atoms with Crippen molar-refractivity contribution in [1.82, 2.24) is 30.5 Å². The molecule has 222 valence electrons. The molecule has 3 aromatic rings. The van der Waals surface area contributed by atoms with Gasteiger partial charge in [-0.05, 0) is 42.3 Å². The molecule has 2 atom stereocenters. The van der Waals surface area contributed by atoms with Crippen LogP contribution in [-0.2, 0) is 20.2 Å². The Bertz CT molecular complexity index is 1350. The van der Waals surface area contributed by atoms with Gasteiger partial charge in [-0.3, -0.25) is 14.5 Å². The Morgan fingerprint density at radius 1 is 1.14 bits per heavy atom. The predicted octanol–water partition coefficient (Wildman–Crippen LogP) is 2.94. The number of piperazine rings is 1. The molecule has 2 fully saturated rings. The lowest BCUT2D eigenvalue weighted by Crippen LogP contribution is -2.47. The number of nitrogens with one attached hydrogen (secondary N) is 3. The van der Waals surface area contributed by atoms with Crippen LogP contribution in [0.25, 0.3) is 11.3 Å². The van der Waals surface area contributed by atoms with E-state index >= 15 is 0 Å². The van der Waals surface area contributed by atoms with E-state index in [1.807, 2.05) is 42.5 Å². The lowest BCUT2D eigenvalue weighted by atomic mass is 10.1. The van der Waals surface area contributed by atoms with Gasteiger partial charge in [0, 0.05) is 81.6 Å². The number of benzene rings is 1. The van der Waals surface area contributed by atoms with Crippen molar-refractivity contribution in [2.75, 3.05) is 56.0 Å². The molecule has 3 N–H and O–H groups in total. The zero-order valence-corrected chi connectivity index (χ0v) is 24.5. The first-order valence-corrected chi connectivity index (χ1v) is 14.9. The number of carbonyl (C=O) groups is 2. The Balaban J connectivity index is 1.22. The second-order valence-electron chi connectivity index (χ2n) is 10.6. The molecule has 0 radical (unpaired) electrons. The molecule has 11 nitrogen and oxygen atoms in total. The Morgan fingerprint density at radius 3 is 2.76 bits per heavy atom. The molecule has 2 aromatic heterocycles. The summed E-state index contributed by atoms with van der Waals surface area (Å²) in [5, 5.41) is 9.60. The molecule has 2 aliphatic heterocycles. The zero-order chi connectivity index (χ0) is 29.3. The summed E-state index contributed by atoms with van der Waals surface area (Å²) in [7, 11) is 0. The second-order valence-corrected chi connectivity index (χ2v) is 10.8. The number of hydrogen-bond acceptors (Lipinski definition) is 10. The second kappa shape index (κ2) is 14.4. The first-order chi connectivity index (χ1) is 20.5. The third kappa shape index (κ3) is 8.15. The first-order valence-electron chi connectivity index (χ1n) is 14.3. The number of halogens is 1. The summed E-state index contributed by atoms with van der Waals surface area (Å²) in [4.78, 5) is 42.2. The summed E-state index contributed by atoms with van der Waals surface area (Å²) in [6.07, 6.45) is 4.68. The molecule has 0 saturated carbocycles. The van der Waals surface area contributed by atoms with Crippen LogP contribution >= 0.6 is 11.6 Å². The number of esters is 1. The van der Waals surface area contributed by atoms with Gasteiger partial charge in [0.25, 0.3) is 0 Å². The largest absolute Gasteiger partial charge is 0.461 e. The number of alkyl halides is 1. The maximum atomic E-state index is 12.5. The molecule has 1 aromatic carbocycles. The fourth-order valence-corrected chi connectivity index (χ4v) is 5.57. The minimum Gasteiger partial charge on any atom is -0.461 e. The van der Waals surface area contributed by atoms with Gasteiger partial charge in [0.2, 0.25) is 11.9 Å². The zero-order valence-electron chi connectivity index (χ0n) is 23.8. The van der Waals surface area contributed by atoms with Gasteiger partial charge in [0.15, 0.2) is 0 Å². The molecule has 0 spiro atoms. The maximum absolute atomic E-state index is 12.5. The highest BCUT2D eigenvalue weighted by atomic mass is 35.5. The number of amides is 1. The standard InChI is InChI=1S/C30H37ClN8O3/c1-21(40)42-26-16-25(7-9-33-29(41)20-38-13-11-32-12-14-38)39(19-26)28-6-5-23(18-35-28)27-8-10-34-30(37-27)36-24-4-2-3-22(15-24)17-31/h2-6,8,10,15,18,25-26,32H,7,9,11-14,16-17,19-20H2,1H3,(H,33,41)(H,34,36,37). The SMILES string of the molecule is CC(=O)OC1CC(CCNC(=O)CN2CCNCC2)N(c2ccc(-c3ccnc(Nc4cccc(CCl)c4)n3)cn2)C1. The topological polar surface area (TPSA) is 125 Å². The van der Waals surface area contributed by atoms with E-state index in [4.69, 9.17) is 21.3 Å². The lowest BCUT2D eigenvalue weighted by Gasteiger charge is -2.27. The fraction of sp³-hybridized carbons (Fsp3) is 0.433. The van der Waals surface area contributed by atoms with Gasteiger partial charge in [0.1, 0.15) is 11.9 Å². The highest BCUT2D eigenvalue weighted by Crippen LogP contribution is 2.29. The minimum atomic E-state index is -0.296. The van der Waals surface area contributed by atoms with Crippen LogP contribution in [0, 0.1) is 0 Å². The summed E-state index contributed by atoms with van der Waals surface area (Å²) in [5.41, 5.74) is 3.46. The number of hydrogen-bond donors (Lipinski definition) is 3. The molecule has 42 heavy (non-hydrogen) atoms. The third-order valence-corrected chi connectivity index (χ3v) is 7.72. The monoisotopic (exact) mass is 592 g/mol. The van der Waals surface area contributed by atoms with E-state index < -0.39 is 0 Å². The summed E-state index contributed by atoms with van der Waals surface area (Å²) in [6.45, 7) is 6.51. The van der Waals surface area contributed by atoms with E-state index in [2.05, 4.69) is 35.7 Å². The summed E-state index contributed by atoms with van der Waals surface area (Å²) in [5.74, 6) is 1.43. The van der Waals surface area contributed by atoms with Gasteiger partial charge in [0.05, 0.1) is 18.8 Å². The maximum Gasteiger partial charge on any atom is 0.302 e. The number of ether oxygens (including phenoxy) is 1. The molecule has 4 heterocycles. The van der Waals surface area contributed by atoms with Gasteiger partial charge in [-0.15, -0.1) is 11.6 Å². The van der Waals surface area contributed by atoms with Crippen LogP contribution in [-0.4, -0.2) is 89.7 Å². The molecule has 2 unspecified atom stereocenters. The molecule has 2 saturated heterocycles. The van der Waals surface area contributed by atoms with Gasteiger partial charge in [-0.25, -0.2) is 15.0 Å². The van der Waals surface area contributed by atoms with Crippen molar-refractivity contribution in [1.29, 1.82) is 0 Å². The van der Waals surface area contributed by atoms with Crippen molar-refractivity contribution in [3.05, 3.63) is 60.4 Å². The van der Waals surface area contributed by atoms with Crippen molar-refractivity contribution in [2.45, 2.75) is 37.8 Å². The average molecular weight is 593 g/mol. The Hall–Kier alpha value is -3.80.